The van der Waals surface area contributed by atoms with Crippen molar-refractivity contribution in [3.8, 4) is 0 Å². The molecule has 0 radical (unpaired) electrons. The summed E-state index contributed by atoms with van der Waals surface area (Å²) in [6.45, 7) is 2.87. The van der Waals surface area contributed by atoms with E-state index in [1.165, 1.54) is 44.9 Å². The van der Waals surface area contributed by atoms with Crippen molar-refractivity contribution in [2.24, 2.45) is 0 Å². The summed E-state index contributed by atoms with van der Waals surface area (Å²) >= 11 is 0. The maximum Gasteiger partial charge on any atom is 1.00 e. The first-order chi connectivity index (χ1) is 5.41. The van der Waals surface area contributed by atoms with Crippen LogP contribution in [-0.4, -0.2) is 6.54 Å². The molecule has 0 heterocycles. The molecule has 0 saturated carbocycles. The summed E-state index contributed by atoms with van der Waals surface area (Å²) in [7, 11) is 0. The van der Waals surface area contributed by atoms with Crippen LogP contribution in [0.15, 0.2) is 0 Å². The van der Waals surface area contributed by atoms with Gasteiger partial charge in [-0.25, -0.2) is 0 Å². The quantitative estimate of drug-likeness (QED) is 0.599. The van der Waals surface area contributed by atoms with Gasteiger partial charge in [0.05, 0.1) is 0 Å². The summed E-state index contributed by atoms with van der Waals surface area (Å²) < 4.78 is 0. The average Bonchev–Trinajstić information content (AvgIpc) is 2.03. The van der Waals surface area contributed by atoms with Gasteiger partial charge >= 0.3 is 68.9 Å². The molecule has 0 aliphatic heterocycles. The third-order valence-corrected chi connectivity index (χ3v) is 2.03. The monoisotopic (exact) mass is 289 g/mol. The topological polar surface area (TPSA) is 23.8 Å². The maximum atomic E-state index is 6.95. The average molecular weight is 289 g/mol. The normalized spacial score (nSPS) is 9.50. The number of unbranched alkanes of at least 4 members (excludes halogenated alkanes) is 7. The van der Waals surface area contributed by atoms with Crippen LogP contribution < -0.4 is 68.9 Å². The van der Waals surface area contributed by atoms with Crippen molar-refractivity contribution in [1.82, 2.24) is 0 Å². The van der Waals surface area contributed by atoms with E-state index in [9.17, 15) is 0 Å². The summed E-state index contributed by atoms with van der Waals surface area (Å²) in [6, 6.07) is 0. The Balaban J connectivity index is 0. The van der Waals surface area contributed by atoms with Crippen LogP contribution in [0, 0.1) is 0 Å². The molecule has 0 unspecified atom stereocenters. The fraction of sp³-hybridized carbons (Fsp3) is 1.00. The van der Waals surface area contributed by atoms with Crippen molar-refractivity contribution in [2.45, 2.75) is 58.3 Å². The summed E-state index contributed by atoms with van der Waals surface area (Å²) in [5.41, 5.74) is 6.95. The van der Waals surface area contributed by atoms with Crippen LogP contribution in [0.4, 0.5) is 0 Å². The van der Waals surface area contributed by atoms with Gasteiger partial charge in [-0.3, -0.25) is 0 Å². The largest absolute Gasteiger partial charge is 1.00 e. The number of hydrogen-bond acceptors (Lipinski definition) is 0. The van der Waals surface area contributed by atoms with Gasteiger partial charge in [0.15, 0.2) is 0 Å². The predicted octanol–water partition coefficient (Wildman–Crippen LogP) is 1.18. The van der Waals surface area contributed by atoms with E-state index in [0.29, 0.717) is 6.54 Å². The van der Waals surface area contributed by atoms with Crippen LogP contribution in [0.25, 0.3) is 5.73 Å². The summed E-state index contributed by atoms with van der Waals surface area (Å²) in [6.07, 6.45) is 10.7. The zero-order valence-electron chi connectivity index (χ0n) is 8.86. The minimum atomic E-state index is 0. The molecular weight excluding hydrogens is 267 g/mol. The smallest absolute Gasteiger partial charge is 0.677 e. The minimum absolute atomic E-state index is 0. The van der Waals surface area contributed by atoms with E-state index >= 15 is 0 Å². The van der Waals surface area contributed by atoms with E-state index in [-0.39, 0.29) is 68.9 Å². The van der Waals surface area contributed by atoms with Crippen molar-refractivity contribution in [1.29, 1.82) is 0 Å². The summed E-state index contributed by atoms with van der Waals surface area (Å²) in [5, 5.41) is 0. The van der Waals surface area contributed by atoms with Crippen LogP contribution >= 0.6 is 0 Å². The van der Waals surface area contributed by atoms with Crippen molar-refractivity contribution < 1.29 is 68.9 Å². The van der Waals surface area contributed by atoms with E-state index in [2.05, 4.69) is 6.92 Å². The van der Waals surface area contributed by atoms with Gasteiger partial charge in [-0.2, -0.15) is 6.54 Å². The standard InChI is InChI=1S/C10H22N.Cs/c1-2-3-4-5-6-7-8-9-10-11;/h11H,2-10H2,1H3;/q-1;+1. The fourth-order valence-corrected chi connectivity index (χ4v) is 1.26. The summed E-state index contributed by atoms with van der Waals surface area (Å²) in [4.78, 5) is 0. The van der Waals surface area contributed by atoms with Gasteiger partial charge in [-0.15, -0.1) is 0 Å². The third kappa shape index (κ3) is 14.5. The number of nitrogens with one attached hydrogen (secondary N) is 1. The third-order valence-electron chi connectivity index (χ3n) is 2.03. The van der Waals surface area contributed by atoms with Crippen LogP contribution in [0.1, 0.15) is 58.3 Å². The van der Waals surface area contributed by atoms with Gasteiger partial charge in [0, 0.05) is 0 Å². The molecule has 0 amide bonds. The van der Waals surface area contributed by atoms with Crippen molar-refractivity contribution in [2.75, 3.05) is 6.54 Å². The maximum absolute atomic E-state index is 6.95. The van der Waals surface area contributed by atoms with E-state index in [1.54, 1.807) is 0 Å². The molecule has 0 atom stereocenters. The van der Waals surface area contributed by atoms with Crippen molar-refractivity contribution in [3.63, 3.8) is 0 Å². The Morgan fingerprint density at radius 2 is 1.17 bits per heavy atom. The molecule has 68 valence electrons. The van der Waals surface area contributed by atoms with Gasteiger partial charge in [0.25, 0.3) is 0 Å². The Labute approximate surface area is 137 Å². The van der Waals surface area contributed by atoms with Crippen molar-refractivity contribution in [3.05, 3.63) is 5.73 Å². The minimum Gasteiger partial charge on any atom is -0.677 e. The number of hydrogen-bond donors (Lipinski definition) is 0. The first-order valence-electron chi connectivity index (χ1n) is 5.06. The molecule has 2 heteroatoms. The molecular formula is C10H22CsN. The molecule has 0 aromatic carbocycles. The van der Waals surface area contributed by atoms with Gasteiger partial charge in [-0.1, -0.05) is 58.3 Å². The van der Waals surface area contributed by atoms with E-state index in [4.69, 9.17) is 5.73 Å². The Bertz CT molecular complexity index is 58.9. The van der Waals surface area contributed by atoms with Gasteiger partial charge < -0.3 is 5.73 Å². The van der Waals surface area contributed by atoms with Gasteiger partial charge in [0.1, 0.15) is 0 Å². The second-order valence-corrected chi connectivity index (χ2v) is 3.22. The SMILES string of the molecule is CCCCCCCCCC[NH-].[Cs+]. The first kappa shape index (κ1) is 16.4. The van der Waals surface area contributed by atoms with Crippen molar-refractivity contribution >= 4 is 0 Å². The molecule has 12 heavy (non-hydrogen) atoms. The molecule has 1 nitrogen and oxygen atoms in total. The second kappa shape index (κ2) is 15.5. The molecule has 0 saturated heterocycles. The zero-order valence-corrected chi connectivity index (χ0v) is 15.1. The van der Waals surface area contributed by atoms with Gasteiger partial charge in [0.2, 0.25) is 0 Å². The first-order valence-corrected chi connectivity index (χ1v) is 5.06. The zero-order chi connectivity index (χ0) is 8.36. The second-order valence-electron chi connectivity index (χ2n) is 3.22. The molecule has 0 aromatic heterocycles. The molecule has 0 aromatic rings. The Morgan fingerprint density at radius 3 is 1.58 bits per heavy atom. The van der Waals surface area contributed by atoms with Crippen LogP contribution in [0.5, 0.6) is 0 Å². The van der Waals surface area contributed by atoms with Crippen LogP contribution in [0.2, 0.25) is 0 Å². The Hall–Kier alpha value is 2.01. The molecule has 1 N–H and O–H groups in total. The molecule has 0 bridgehead atoms. The molecule has 0 aliphatic carbocycles. The number of rotatable bonds is 8. The van der Waals surface area contributed by atoms with Gasteiger partial charge in [-0.05, 0) is 0 Å². The van der Waals surface area contributed by atoms with E-state index in [1.807, 2.05) is 0 Å². The Kier molecular flexibility index (Phi) is 21.2. The predicted molar refractivity (Wildman–Crippen MR) is 51.8 cm³/mol. The summed E-state index contributed by atoms with van der Waals surface area (Å²) in [5.74, 6) is 0. The molecule has 0 aliphatic rings. The van der Waals surface area contributed by atoms with E-state index in [0.717, 1.165) is 6.42 Å². The fourth-order valence-electron chi connectivity index (χ4n) is 1.26. The Morgan fingerprint density at radius 1 is 0.750 bits per heavy atom. The van der Waals surface area contributed by atoms with E-state index < -0.39 is 0 Å². The molecule has 0 fully saturated rings. The van der Waals surface area contributed by atoms with Crippen LogP contribution in [0.3, 0.4) is 0 Å². The van der Waals surface area contributed by atoms with Crippen LogP contribution in [-0.2, 0) is 0 Å². The molecule has 0 spiro atoms. The molecule has 0 rings (SSSR count).